The Morgan fingerprint density at radius 3 is 2.86 bits per heavy atom. The van der Waals surface area contributed by atoms with Crippen LogP contribution in [0.2, 0.25) is 0 Å². The number of nitrogens with one attached hydrogen (secondary N) is 2. The zero-order chi connectivity index (χ0) is 10.6. The summed E-state index contributed by atoms with van der Waals surface area (Å²) < 4.78 is 6.03. The number of hydrogen-bond donors (Lipinski definition) is 2. The van der Waals surface area contributed by atoms with E-state index in [0.717, 1.165) is 5.76 Å². The SMILES string of the molecule is CNC(=O)CNC(C)c1ccc(Br)o1. The van der Waals surface area contributed by atoms with Crippen LogP contribution in [0.4, 0.5) is 0 Å². The lowest BCUT2D eigenvalue weighted by atomic mass is 10.2. The van der Waals surface area contributed by atoms with Crippen molar-refractivity contribution in [3.8, 4) is 0 Å². The maximum absolute atomic E-state index is 10.9. The van der Waals surface area contributed by atoms with E-state index in [1.165, 1.54) is 0 Å². The Kier molecular flexibility index (Phi) is 4.16. The summed E-state index contributed by atoms with van der Waals surface area (Å²) in [4.78, 5) is 10.9. The van der Waals surface area contributed by atoms with Crippen LogP contribution in [-0.4, -0.2) is 19.5 Å². The van der Waals surface area contributed by atoms with Crippen LogP contribution >= 0.6 is 15.9 Å². The third-order valence-electron chi connectivity index (χ3n) is 1.87. The fraction of sp³-hybridized carbons (Fsp3) is 0.444. The quantitative estimate of drug-likeness (QED) is 0.862. The van der Waals surface area contributed by atoms with Crippen molar-refractivity contribution < 1.29 is 9.21 Å². The highest BCUT2D eigenvalue weighted by Gasteiger charge is 2.10. The Labute approximate surface area is 91.2 Å². The molecule has 1 aromatic rings. The molecule has 0 aliphatic rings. The van der Waals surface area contributed by atoms with Gasteiger partial charge in [-0.1, -0.05) is 0 Å². The van der Waals surface area contributed by atoms with Crippen molar-refractivity contribution in [1.29, 1.82) is 0 Å². The number of likely N-dealkylation sites (N-methyl/N-ethyl adjacent to an activating group) is 1. The van der Waals surface area contributed by atoms with Gasteiger partial charge < -0.3 is 9.73 Å². The maximum atomic E-state index is 10.9. The summed E-state index contributed by atoms with van der Waals surface area (Å²) in [6, 6.07) is 3.72. The van der Waals surface area contributed by atoms with Gasteiger partial charge in [-0.05, 0) is 35.0 Å². The summed E-state index contributed by atoms with van der Waals surface area (Å²) in [6.07, 6.45) is 0. The predicted octanol–water partition coefficient (Wildman–Crippen LogP) is 1.44. The van der Waals surface area contributed by atoms with E-state index in [2.05, 4.69) is 26.6 Å². The summed E-state index contributed by atoms with van der Waals surface area (Å²) in [5.41, 5.74) is 0. The first-order valence-corrected chi connectivity index (χ1v) is 5.12. The number of amides is 1. The Balaban J connectivity index is 2.42. The van der Waals surface area contributed by atoms with Gasteiger partial charge in [-0.15, -0.1) is 0 Å². The van der Waals surface area contributed by atoms with Crippen molar-refractivity contribution in [2.45, 2.75) is 13.0 Å². The Bertz CT molecular complexity index is 312. The lowest BCUT2D eigenvalue weighted by Gasteiger charge is -2.09. The van der Waals surface area contributed by atoms with Gasteiger partial charge in [0.2, 0.25) is 5.91 Å². The summed E-state index contributed by atoms with van der Waals surface area (Å²) in [6.45, 7) is 2.23. The second-order valence-electron chi connectivity index (χ2n) is 2.92. The minimum Gasteiger partial charge on any atom is -0.453 e. The molecule has 0 fully saturated rings. The van der Waals surface area contributed by atoms with Gasteiger partial charge in [0.1, 0.15) is 5.76 Å². The monoisotopic (exact) mass is 260 g/mol. The van der Waals surface area contributed by atoms with Crippen LogP contribution in [0.5, 0.6) is 0 Å². The van der Waals surface area contributed by atoms with Gasteiger partial charge >= 0.3 is 0 Å². The van der Waals surface area contributed by atoms with E-state index in [1.54, 1.807) is 7.05 Å². The zero-order valence-electron chi connectivity index (χ0n) is 8.13. The highest BCUT2D eigenvalue weighted by molar-refractivity contribution is 9.10. The predicted molar refractivity (Wildman–Crippen MR) is 56.9 cm³/mol. The van der Waals surface area contributed by atoms with Crippen LogP contribution in [0.25, 0.3) is 0 Å². The molecule has 1 rings (SSSR count). The minimum atomic E-state index is -0.0394. The van der Waals surface area contributed by atoms with Gasteiger partial charge in [0, 0.05) is 7.05 Å². The molecule has 0 bridgehead atoms. The minimum absolute atomic E-state index is 0.0265. The Hall–Kier alpha value is -0.810. The number of hydrogen-bond acceptors (Lipinski definition) is 3. The van der Waals surface area contributed by atoms with Crippen LogP contribution in [0.1, 0.15) is 18.7 Å². The average molecular weight is 261 g/mol. The molecule has 1 aromatic heterocycles. The molecule has 78 valence electrons. The van der Waals surface area contributed by atoms with E-state index in [-0.39, 0.29) is 18.5 Å². The van der Waals surface area contributed by atoms with E-state index >= 15 is 0 Å². The fourth-order valence-electron chi connectivity index (χ4n) is 0.996. The number of furan rings is 1. The van der Waals surface area contributed by atoms with Crippen molar-refractivity contribution in [3.05, 3.63) is 22.6 Å². The van der Waals surface area contributed by atoms with Gasteiger partial charge in [-0.25, -0.2) is 0 Å². The molecule has 0 aliphatic carbocycles. The lowest BCUT2D eigenvalue weighted by Crippen LogP contribution is -2.32. The van der Waals surface area contributed by atoms with E-state index in [0.29, 0.717) is 4.67 Å². The molecule has 14 heavy (non-hydrogen) atoms. The highest BCUT2D eigenvalue weighted by atomic mass is 79.9. The molecular formula is C9H13BrN2O2. The summed E-state index contributed by atoms with van der Waals surface area (Å²) in [5.74, 6) is 0.767. The maximum Gasteiger partial charge on any atom is 0.233 e. The van der Waals surface area contributed by atoms with Crippen LogP contribution in [0.3, 0.4) is 0 Å². The van der Waals surface area contributed by atoms with Crippen LogP contribution in [0, 0.1) is 0 Å². The third kappa shape index (κ3) is 3.16. The molecule has 0 radical (unpaired) electrons. The molecular weight excluding hydrogens is 248 g/mol. The normalized spacial score (nSPS) is 12.5. The average Bonchev–Trinajstić information content (AvgIpc) is 2.60. The number of rotatable bonds is 4. The van der Waals surface area contributed by atoms with Crippen molar-refractivity contribution in [2.24, 2.45) is 0 Å². The fourth-order valence-corrected chi connectivity index (χ4v) is 1.31. The van der Waals surface area contributed by atoms with Crippen LogP contribution < -0.4 is 10.6 Å². The first-order valence-electron chi connectivity index (χ1n) is 4.32. The summed E-state index contributed by atoms with van der Waals surface area (Å²) in [5, 5.41) is 5.57. The summed E-state index contributed by atoms with van der Waals surface area (Å²) >= 11 is 3.22. The number of carbonyl (C=O) groups is 1. The van der Waals surface area contributed by atoms with Gasteiger partial charge in [0.25, 0.3) is 0 Å². The largest absolute Gasteiger partial charge is 0.453 e. The first kappa shape index (κ1) is 11.3. The van der Waals surface area contributed by atoms with Crippen LogP contribution in [0.15, 0.2) is 21.2 Å². The zero-order valence-corrected chi connectivity index (χ0v) is 9.72. The molecule has 1 amide bonds. The van der Waals surface area contributed by atoms with Crippen molar-refractivity contribution in [1.82, 2.24) is 10.6 Å². The Morgan fingerprint density at radius 2 is 2.36 bits per heavy atom. The van der Waals surface area contributed by atoms with Gasteiger partial charge in [-0.2, -0.15) is 0 Å². The molecule has 5 heteroatoms. The number of halogens is 1. The molecule has 4 nitrogen and oxygen atoms in total. The topological polar surface area (TPSA) is 54.3 Å². The molecule has 1 atom stereocenters. The molecule has 0 aliphatic heterocycles. The lowest BCUT2D eigenvalue weighted by molar-refractivity contribution is -0.119. The van der Waals surface area contributed by atoms with Gasteiger partial charge in [0.05, 0.1) is 12.6 Å². The molecule has 0 spiro atoms. The van der Waals surface area contributed by atoms with E-state index < -0.39 is 0 Å². The number of carbonyl (C=O) groups excluding carboxylic acids is 1. The molecule has 2 N–H and O–H groups in total. The highest BCUT2D eigenvalue weighted by Crippen LogP contribution is 2.19. The Morgan fingerprint density at radius 1 is 1.64 bits per heavy atom. The van der Waals surface area contributed by atoms with Gasteiger partial charge in [-0.3, -0.25) is 10.1 Å². The van der Waals surface area contributed by atoms with E-state index in [1.807, 2.05) is 19.1 Å². The van der Waals surface area contributed by atoms with Crippen molar-refractivity contribution in [3.63, 3.8) is 0 Å². The van der Waals surface area contributed by atoms with Crippen molar-refractivity contribution in [2.75, 3.05) is 13.6 Å². The van der Waals surface area contributed by atoms with E-state index in [9.17, 15) is 4.79 Å². The molecule has 0 aromatic carbocycles. The second-order valence-corrected chi connectivity index (χ2v) is 3.70. The summed E-state index contributed by atoms with van der Waals surface area (Å²) in [7, 11) is 1.61. The molecule has 1 unspecified atom stereocenters. The van der Waals surface area contributed by atoms with Crippen molar-refractivity contribution >= 4 is 21.8 Å². The van der Waals surface area contributed by atoms with Gasteiger partial charge in [0.15, 0.2) is 4.67 Å². The molecule has 1 heterocycles. The van der Waals surface area contributed by atoms with Crippen LogP contribution in [-0.2, 0) is 4.79 Å². The first-order chi connectivity index (χ1) is 6.63. The third-order valence-corrected chi connectivity index (χ3v) is 2.29. The van der Waals surface area contributed by atoms with E-state index in [4.69, 9.17) is 4.42 Å². The standard InChI is InChI=1S/C9H13BrN2O2/c1-6(12-5-9(13)11-2)7-3-4-8(10)14-7/h3-4,6,12H,5H2,1-2H3,(H,11,13). The molecule has 0 saturated carbocycles. The second kappa shape index (κ2) is 5.17. The molecule has 0 saturated heterocycles. The smallest absolute Gasteiger partial charge is 0.233 e.